The van der Waals surface area contributed by atoms with Crippen molar-refractivity contribution in [1.29, 1.82) is 0 Å². The van der Waals surface area contributed by atoms with Crippen LogP contribution in [0, 0.1) is 0 Å². The van der Waals surface area contributed by atoms with Crippen molar-refractivity contribution in [2.24, 2.45) is 0 Å². The monoisotopic (exact) mass is 194 g/mol. The molecule has 0 aliphatic heterocycles. The van der Waals surface area contributed by atoms with Gasteiger partial charge >= 0.3 is 0 Å². The molecule has 0 amide bonds. The molecule has 13 heavy (non-hydrogen) atoms. The Hall–Kier alpha value is -0.765. The summed E-state index contributed by atoms with van der Waals surface area (Å²) in [5.74, 6) is 0. The van der Waals surface area contributed by atoms with E-state index in [1.165, 1.54) is 12.1 Å². The van der Waals surface area contributed by atoms with Gasteiger partial charge in [0, 0.05) is 0 Å². The first-order valence-electron chi connectivity index (χ1n) is 4.04. The van der Waals surface area contributed by atoms with E-state index in [4.69, 9.17) is 7.85 Å². The van der Waals surface area contributed by atoms with Gasteiger partial charge in [0.1, 0.15) is 7.85 Å². The van der Waals surface area contributed by atoms with Gasteiger partial charge in [0.05, 0.1) is 10.1 Å². The zero-order valence-electron chi connectivity index (χ0n) is 7.69. The van der Waals surface area contributed by atoms with Crippen molar-refractivity contribution in [3.63, 3.8) is 0 Å². The van der Waals surface area contributed by atoms with Crippen LogP contribution in [-0.4, -0.2) is 21.5 Å². The van der Waals surface area contributed by atoms with E-state index in [1.54, 1.807) is 26.0 Å². The molecule has 0 aliphatic carbocycles. The zero-order chi connectivity index (χ0) is 10.1. The van der Waals surface area contributed by atoms with Crippen molar-refractivity contribution in [1.82, 2.24) is 0 Å². The Bertz CT molecular complexity index is 379. The van der Waals surface area contributed by atoms with Crippen molar-refractivity contribution in [2.45, 2.75) is 24.0 Å². The van der Waals surface area contributed by atoms with Crippen LogP contribution >= 0.6 is 0 Å². The zero-order valence-corrected chi connectivity index (χ0v) is 8.51. The van der Waals surface area contributed by atoms with E-state index >= 15 is 0 Å². The summed E-state index contributed by atoms with van der Waals surface area (Å²) in [5.41, 5.74) is 0.572. The fraction of sp³-hybridized carbons (Fsp3) is 0.333. The Labute approximate surface area is 80.3 Å². The van der Waals surface area contributed by atoms with E-state index in [0.717, 1.165) is 0 Å². The molecular formula is C9H11BO2S. The van der Waals surface area contributed by atoms with Gasteiger partial charge in [0.15, 0.2) is 9.84 Å². The van der Waals surface area contributed by atoms with Crippen LogP contribution < -0.4 is 5.46 Å². The average molecular weight is 194 g/mol. The van der Waals surface area contributed by atoms with E-state index in [1.807, 2.05) is 0 Å². The summed E-state index contributed by atoms with van der Waals surface area (Å²) in [4.78, 5) is 0.330. The molecule has 0 saturated heterocycles. The van der Waals surface area contributed by atoms with E-state index in [0.29, 0.717) is 10.4 Å². The maximum atomic E-state index is 11.6. The molecule has 0 spiro atoms. The van der Waals surface area contributed by atoms with Crippen molar-refractivity contribution in [2.75, 3.05) is 0 Å². The lowest BCUT2D eigenvalue weighted by atomic mass is 9.97. The maximum Gasteiger partial charge on any atom is 0.180 e. The average Bonchev–Trinajstić information content (AvgIpc) is 2.04. The summed E-state index contributed by atoms with van der Waals surface area (Å²) in [7, 11) is 2.30. The van der Waals surface area contributed by atoms with E-state index < -0.39 is 15.1 Å². The quantitative estimate of drug-likeness (QED) is 0.648. The highest BCUT2D eigenvalue weighted by atomic mass is 32.2. The van der Waals surface area contributed by atoms with E-state index in [-0.39, 0.29) is 0 Å². The number of hydrogen-bond acceptors (Lipinski definition) is 2. The topological polar surface area (TPSA) is 34.1 Å². The Morgan fingerprint density at radius 1 is 1.15 bits per heavy atom. The summed E-state index contributed by atoms with van der Waals surface area (Å²) < 4.78 is 23.2. The largest absolute Gasteiger partial charge is 0.223 e. The Kier molecular flexibility index (Phi) is 2.81. The molecule has 68 valence electrons. The second kappa shape index (κ2) is 3.54. The van der Waals surface area contributed by atoms with Crippen LogP contribution in [0.3, 0.4) is 0 Å². The summed E-state index contributed by atoms with van der Waals surface area (Å²) >= 11 is 0. The van der Waals surface area contributed by atoms with Gasteiger partial charge in [-0.25, -0.2) is 8.42 Å². The second-order valence-electron chi connectivity index (χ2n) is 3.16. The van der Waals surface area contributed by atoms with Crippen LogP contribution in [0.25, 0.3) is 0 Å². The molecular weight excluding hydrogens is 183 g/mol. The third-order valence-electron chi connectivity index (χ3n) is 1.83. The summed E-state index contributed by atoms with van der Waals surface area (Å²) in [6.07, 6.45) is 0. The van der Waals surface area contributed by atoms with Gasteiger partial charge in [-0.2, -0.15) is 0 Å². The standard InChI is InChI=1S/C9H11BO2S/c1-7(2)13(11,12)9-5-3-8(10)4-6-9/h3-7H,1-2H3. The van der Waals surface area contributed by atoms with Gasteiger partial charge in [0.25, 0.3) is 0 Å². The molecule has 2 nitrogen and oxygen atoms in total. The maximum absolute atomic E-state index is 11.6. The van der Waals surface area contributed by atoms with E-state index in [2.05, 4.69) is 0 Å². The molecule has 1 aromatic rings. The molecule has 2 radical (unpaired) electrons. The van der Waals surface area contributed by atoms with Crippen LogP contribution in [0.4, 0.5) is 0 Å². The van der Waals surface area contributed by atoms with Crippen molar-refractivity contribution in [3.05, 3.63) is 24.3 Å². The van der Waals surface area contributed by atoms with Crippen LogP contribution in [0.1, 0.15) is 13.8 Å². The highest BCUT2D eigenvalue weighted by Gasteiger charge is 2.17. The lowest BCUT2D eigenvalue weighted by Crippen LogP contribution is -2.14. The fourth-order valence-corrected chi connectivity index (χ4v) is 1.99. The predicted molar refractivity (Wildman–Crippen MR) is 54.2 cm³/mol. The smallest absolute Gasteiger partial charge is 0.180 e. The van der Waals surface area contributed by atoms with Gasteiger partial charge < -0.3 is 0 Å². The summed E-state index contributed by atoms with van der Waals surface area (Å²) in [6, 6.07) is 6.25. The molecule has 1 aromatic carbocycles. The summed E-state index contributed by atoms with van der Waals surface area (Å²) in [6.45, 7) is 3.32. The number of sulfone groups is 1. The first-order chi connectivity index (χ1) is 5.94. The number of benzene rings is 1. The highest BCUT2D eigenvalue weighted by molar-refractivity contribution is 7.92. The molecule has 0 saturated carbocycles. The van der Waals surface area contributed by atoms with Crippen molar-refractivity contribution < 1.29 is 8.42 Å². The Morgan fingerprint density at radius 2 is 1.62 bits per heavy atom. The first-order valence-corrected chi connectivity index (χ1v) is 5.58. The van der Waals surface area contributed by atoms with Gasteiger partial charge in [-0.1, -0.05) is 17.6 Å². The lowest BCUT2D eigenvalue weighted by Gasteiger charge is -2.07. The first kappa shape index (κ1) is 10.3. The van der Waals surface area contributed by atoms with Gasteiger partial charge in [-0.3, -0.25) is 0 Å². The molecule has 1 rings (SSSR count). The second-order valence-corrected chi connectivity index (χ2v) is 5.67. The highest BCUT2D eigenvalue weighted by Crippen LogP contribution is 2.13. The minimum Gasteiger partial charge on any atom is -0.223 e. The molecule has 0 unspecified atom stereocenters. The molecule has 4 heteroatoms. The minimum atomic E-state index is -3.15. The third-order valence-corrected chi connectivity index (χ3v) is 4.00. The molecule has 0 heterocycles. The minimum absolute atomic E-state index is 0.330. The number of rotatable bonds is 2. The van der Waals surface area contributed by atoms with Crippen molar-refractivity contribution >= 4 is 23.1 Å². The normalized spacial score (nSPS) is 11.9. The van der Waals surface area contributed by atoms with Crippen LogP contribution in [0.15, 0.2) is 29.2 Å². The molecule has 0 bridgehead atoms. The van der Waals surface area contributed by atoms with Crippen LogP contribution in [0.5, 0.6) is 0 Å². The summed E-state index contributed by atoms with van der Waals surface area (Å²) in [5, 5.41) is -0.392. The molecule has 0 aromatic heterocycles. The number of hydrogen-bond donors (Lipinski definition) is 0. The fourth-order valence-electron chi connectivity index (χ4n) is 0.930. The van der Waals surface area contributed by atoms with Gasteiger partial charge in [0.2, 0.25) is 0 Å². The SMILES string of the molecule is [B]c1ccc(S(=O)(=O)C(C)C)cc1. The van der Waals surface area contributed by atoms with E-state index in [9.17, 15) is 8.42 Å². The molecule has 0 atom stereocenters. The molecule has 0 aliphatic rings. The predicted octanol–water partition coefficient (Wildman–Crippen LogP) is 0.663. The van der Waals surface area contributed by atoms with Gasteiger partial charge in [-0.15, -0.1) is 0 Å². The Morgan fingerprint density at radius 3 is 2.00 bits per heavy atom. The van der Waals surface area contributed by atoms with Crippen LogP contribution in [-0.2, 0) is 9.84 Å². The molecule has 0 fully saturated rings. The van der Waals surface area contributed by atoms with Gasteiger partial charge in [-0.05, 0) is 26.0 Å². The molecule has 0 N–H and O–H groups in total. The lowest BCUT2D eigenvalue weighted by molar-refractivity contribution is 0.587. The third kappa shape index (κ3) is 2.12. The van der Waals surface area contributed by atoms with Crippen molar-refractivity contribution in [3.8, 4) is 0 Å². The van der Waals surface area contributed by atoms with Crippen LogP contribution in [0.2, 0.25) is 0 Å². The Balaban J connectivity index is 3.17.